The van der Waals surface area contributed by atoms with Crippen LogP contribution >= 0.6 is 11.6 Å². The SMILES string of the molecule is O=C(CS(=O)(=O)c1ccc(F)c(Cl)c1)NCc1ccco1. The summed E-state index contributed by atoms with van der Waals surface area (Å²) in [5, 5.41) is 2.11. The number of amides is 1. The number of carbonyl (C=O) groups excluding carboxylic acids is 1. The maximum absolute atomic E-state index is 13.0. The van der Waals surface area contributed by atoms with Crippen molar-refractivity contribution in [3.63, 3.8) is 0 Å². The number of halogens is 2. The highest BCUT2D eigenvalue weighted by Gasteiger charge is 2.20. The summed E-state index contributed by atoms with van der Waals surface area (Å²) in [7, 11) is -3.88. The number of sulfone groups is 1. The van der Waals surface area contributed by atoms with Crippen molar-refractivity contribution in [3.8, 4) is 0 Å². The molecule has 8 heteroatoms. The lowest BCUT2D eigenvalue weighted by Crippen LogP contribution is -2.29. The summed E-state index contributed by atoms with van der Waals surface area (Å²) >= 11 is 5.53. The van der Waals surface area contributed by atoms with Crippen LogP contribution in [-0.2, 0) is 21.2 Å². The second kappa shape index (κ2) is 6.28. The van der Waals surface area contributed by atoms with E-state index in [1.165, 1.54) is 6.26 Å². The Kier molecular flexibility index (Phi) is 4.64. The zero-order valence-electron chi connectivity index (χ0n) is 10.7. The van der Waals surface area contributed by atoms with E-state index in [9.17, 15) is 17.6 Å². The molecule has 0 bridgehead atoms. The van der Waals surface area contributed by atoms with Crippen LogP contribution in [0.15, 0.2) is 45.9 Å². The third-order valence-corrected chi connectivity index (χ3v) is 4.52. The van der Waals surface area contributed by atoms with Gasteiger partial charge in [-0.1, -0.05) is 11.6 Å². The van der Waals surface area contributed by atoms with E-state index in [-0.39, 0.29) is 16.5 Å². The molecule has 2 aromatic rings. The fraction of sp³-hybridized carbons (Fsp3) is 0.154. The van der Waals surface area contributed by atoms with Crippen molar-refractivity contribution in [3.05, 3.63) is 53.2 Å². The molecule has 0 unspecified atom stereocenters. The van der Waals surface area contributed by atoms with Crippen molar-refractivity contribution < 1.29 is 22.0 Å². The second-order valence-electron chi connectivity index (χ2n) is 4.19. The van der Waals surface area contributed by atoms with Crippen LogP contribution in [0.4, 0.5) is 4.39 Å². The third-order valence-electron chi connectivity index (χ3n) is 2.61. The van der Waals surface area contributed by atoms with E-state index in [0.29, 0.717) is 5.76 Å². The lowest BCUT2D eigenvalue weighted by atomic mass is 10.3. The van der Waals surface area contributed by atoms with Crippen LogP contribution in [0, 0.1) is 5.82 Å². The van der Waals surface area contributed by atoms with Crippen molar-refractivity contribution in [2.75, 3.05) is 5.75 Å². The van der Waals surface area contributed by atoms with Crippen molar-refractivity contribution in [1.29, 1.82) is 0 Å². The number of furan rings is 1. The Balaban J connectivity index is 2.02. The molecule has 0 aliphatic carbocycles. The quantitative estimate of drug-likeness (QED) is 0.852. The van der Waals surface area contributed by atoms with Gasteiger partial charge in [0.25, 0.3) is 0 Å². The largest absolute Gasteiger partial charge is 0.467 e. The van der Waals surface area contributed by atoms with Gasteiger partial charge in [-0.15, -0.1) is 0 Å². The Morgan fingerprint density at radius 1 is 1.33 bits per heavy atom. The van der Waals surface area contributed by atoms with Gasteiger partial charge in [-0.3, -0.25) is 4.79 Å². The van der Waals surface area contributed by atoms with Gasteiger partial charge in [0.2, 0.25) is 5.91 Å². The number of hydrogen-bond donors (Lipinski definition) is 1. The van der Waals surface area contributed by atoms with Crippen molar-refractivity contribution in [1.82, 2.24) is 5.32 Å². The molecule has 1 heterocycles. The molecule has 5 nitrogen and oxygen atoms in total. The monoisotopic (exact) mass is 331 g/mol. The Hall–Kier alpha value is -1.86. The van der Waals surface area contributed by atoms with E-state index in [4.69, 9.17) is 16.0 Å². The predicted molar refractivity (Wildman–Crippen MR) is 74.0 cm³/mol. The average molecular weight is 332 g/mol. The van der Waals surface area contributed by atoms with Crippen LogP contribution < -0.4 is 5.32 Å². The molecule has 0 radical (unpaired) electrons. The van der Waals surface area contributed by atoms with E-state index < -0.39 is 27.3 Å². The van der Waals surface area contributed by atoms with Crippen LogP contribution in [0.3, 0.4) is 0 Å². The van der Waals surface area contributed by atoms with Gasteiger partial charge in [0, 0.05) is 0 Å². The summed E-state index contributed by atoms with van der Waals surface area (Å²) in [4.78, 5) is 11.4. The molecule has 0 aliphatic rings. The second-order valence-corrected chi connectivity index (χ2v) is 6.59. The number of hydrogen-bond acceptors (Lipinski definition) is 4. The summed E-state index contributed by atoms with van der Waals surface area (Å²) in [6.07, 6.45) is 1.44. The van der Waals surface area contributed by atoms with Crippen LogP contribution in [0.2, 0.25) is 5.02 Å². The predicted octanol–water partition coefficient (Wildman–Crippen LogP) is 2.16. The fourth-order valence-electron chi connectivity index (χ4n) is 1.58. The summed E-state index contributed by atoms with van der Waals surface area (Å²) in [6.45, 7) is 0.0888. The lowest BCUT2D eigenvalue weighted by molar-refractivity contribution is -0.118. The van der Waals surface area contributed by atoms with Gasteiger partial charge in [-0.2, -0.15) is 0 Å². The van der Waals surface area contributed by atoms with Crippen LogP contribution in [0.25, 0.3) is 0 Å². The van der Waals surface area contributed by atoms with Gasteiger partial charge in [0.15, 0.2) is 9.84 Å². The van der Waals surface area contributed by atoms with Gasteiger partial charge < -0.3 is 9.73 Å². The zero-order valence-corrected chi connectivity index (χ0v) is 12.2. The fourth-order valence-corrected chi connectivity index (χ4v) is 3.01. The van der Waals surface area contributed by atoms with E-state index in [0.717, 1.165) is 18.2 Å². The lowest BCUT2D eigenvalue weighted by Gasteiger charge is -2.06. The van der Waals surface area contributed by atoms with E-state index in [1.807, 2.05) is 0 Å². The highest BCUT2D eigenvalue weighted by atomic mass is 35.5. The first-order chi connectivity index (χ1) is 9.88. The average Bonchev–Trinajstić information content (AvgIpc) is 2.92. The van der Waals surface area contributed by atoms with Gasteiger partial charge >= 0.3 is 0 Å². The van der Waals surface area contributed by atoms with Crippen molar-refractivity contribution >= 4 is 27.3 Å². The maximum atomic E-state index is 13.0. The molecule has 2 rings (SSSR count). The molecule has 0 atom stereocenters. The molecule has 1 aromatic carbocycles. The maximum Gasteiger partial charge on any atom is 0.235 e. The van der Waals surface area contributed by atoms with Crippen molar-refractivity contribution in [2.45, 2.75) is 11.4 Å². The van der Waals surface area contributed by atoms with Gasteiger partial charge in [-0.05, 0) is 30.3 Å². The van der Waals surface area contributed by atoms with E-state index >= 15 is 0 Å². The molecular formula is C13H11ClFNO4S. The van der Waals surface area contributed by atoms with E-state index in [2.05, 4.69) is 5.32 Å². The molecule has 112 valence electrons. The Bertz CT molecular complexity index is 744. The standard InChI is InChI=1S/C13H11ClFNO4S/c14-11-6-10(3-4-12(11)15)21(18,19)8-13(17)16-7-9-2-1-5-20-9/h1-6H,7-8H2,(H,16,17). The van der Waals surface area contributed by atoms with Gasteiger partial charge in [0.1, 0.15) is 17.3 Å². The molecule has 0 spiro atoms. The first-order valence-electron chi connectivity index (χ1n) is 5.85. The molecule has 0 aliphatic heterocycles. The zero-order chi connectivity index (χ0) is 15.5. The highest BCUT2D eigenvalue weighted by Crippen LogP contribution is 2.20. The minimum atomic E-state index is -3.88. The Morgan fingerprint density at radius 3 is 2.71 bits per heavy atom. The number of benzene rings is 1. The van der Waals surface area contributed by atoms with Gasteiger partial charge in [0.05, 0.1) is 22.7 Å². The van der Waals surface area contributed by atoms with Crippen LogP contribution in [-0.4, -0.2) is 20.1 Å². The minimum absolute atomic E-state index is 0.0888. The summed E-state index contributed by atoms with van der Waals surface area (Å²) < 4.78 is 42.0. The normalized spacial score (nSPS) is 11.3. The van der Waals surface area contributed by atoms with Crippen LogP contribution in [0.1, 0.15) is 5.76 Å². The van der Waals surface area contributed by atoms with Crippen LogP contribution in [0.5, 0.6) is 0 Å². The topological polar surface area (TPSA) is 76.4 Å². The smallest absolute Gasteiger partial charge is 0.235 e. The molecule has 1 N–H and O–H groups in total. The molecule has 1 amide bonds. The minimum Gasteiger partial charge on any atom is -0.467 e. The molecule has 21 heavy (non-hydrogen) atoms. The first-order valence-corrected chi connectivity index (χ1v) is 7.88. The summed E-state index contributed by atoms with van der Waals surface area (Å²) in [5.41, 5.74) is 0. The molecular weight excluding hydrogens is 321 g/mol. The summed E-state index contributed by atoms with van der Waals surface area (Å²) in [5.74, 6) is -1.66. The van der Waals surface area contributed by atoms with E-state index in [1.54, 1.807) is 12.1 Å². The third kappa shape index (κ3) is 4.05. The Labute approximate surface area is 125 Å². The molecule has 0 saturated heterocycles. The Morgan fingerprint density at radius 2 is 2.10 bits per heavy atom. The van der Waals surface area contributed by atoms with Crippen molar-refractivity contribution in [2.24, 2.45) is 0 Å². The number of carbonyl (C=O) groups is 1. The molecule has 1 aromatic heterocycles. The molecule has 0 fully saturated rings. The first kappa shape index (κ1) is 15.5. The van der Waals surface area contributed by atoms with Gasteiger partial charge in [-0.25, -0.2) is 12.8 Å². The number of nitrogens with one attached hydrogen (secondary N) is 1. The number of rotatable bonds is 5. The summed E-state index contributed by atoms with van der Waals surface area (Å²) in [6, 6.07) is 6.28. The molecule has 0 saturated carbocycles. The highest BCUT2D eigenvalue weighted by molar-refractivity contribution is 7.92.